The van der Waals surface area contributed by atoms with Crippen LogP contribution in [0.25, 0.3) is 11.1 Å². The lowest BCUT2D eigenvalue weighted by Crippen LogP contribution is -2.51. The van der Waals surface area contributed by atoms with Gasteiger partial charge in [0.15, 0.2) is 0 Å². The van der Waals surface area contributed by atoms with E-state index in [1.807, 2.05) is 48.5 Å². The number of hydrogen-bond donors (Lipinski definition) is 3. The van der Waals surface area contributed by atoms with Gasteiger partial charge in [0.1, 0.15) is 12.6 Å². The first-order chi connectivity index (χ1) is 15.7. The molecule has 33 heavy (non-hydrogen) atoms. The molecule has 3 atom stereocenters. The Morgan fingerprint density at radius 2 is 1.61 bits per heavy atom. The Kier molecular flexibility index (Phi) is 6.05. The lowest BCUT2D eigenvalue weighted by Gasteiger charge is -2.21. The number of carbonyl (C=O) groups is 3. The summed E-state index contributed by atoms with van der Waals surface area (Å²) in [6.07, 6.45) is -2.00. The molecule has 2 aromatic rings. The number of benzene rings is 2. The molecule has 4 rings (SSSR count). The number of fused-ring (bicyclic) bond motifs is 3. The van der Waals surface area contributed by atoms with Crippen LogP contribution in [0.2, 0.25) is 0 Å². The van der Waals surface area contributed by atoms with Gasteiger partial charge < -0.3 is 20.5 Å². The minimum absolute atomic E-state index is 0.00797. The highest BCUT2D eigenvalue weighted by Gasteiger charge is 2.59. The van der Waals surface area contributed by atoms with Gasteiger partial charge in [0.2, 0.25) is 5.91 Å². The zero-order chi connectivity index (χ0) is 23.8. The van der Waals surface area contributed by atoms with Gasteiger partial charge in [-0.25, -0.2) is 13.6 Å². The summed E-state index contributed by atoms with van der Waals surface area (Å²) in [4.78, 5) is 36.1. The Balaban J connectivity index is 1.39. The van der Waals surface area contributed by atoms with Gasteiger partial charge in [0.25, 0.3) is 5.92 Å². The normalized spacial score (nSPS) is 19.5. The van der Waals surface area contributed by atoms with E-state index in [0.29, 0.717) is 0 Å². The Morgan fingerprint density at radius 1 is 1.06 bits per heavy atom. The third-order valence-electron chi connectivity index (χ3n) is 6.18. The van der Waals surface area contributed by atoms with Gasteiger partial charge in [-0.05, 0) is 29.2 Å². The number of carboxylic acids is 1. The summed E-state index contributed by atoms with van der Waals surface area (Å²) in [5.41, 5.74) is 4.11. The van der Waals surface area contributed by atoms with Crippen molar-refractivity contribution in [2.24, 2.45) is 5.92 Å². The van der Waals surface area contributed by atoms with Crippen LogP contribution < -0.4 is 10.6 Å². The molecule has 2 amide bonds. The zero-order valence-electron chi connectivity index (χ0n) is 17.9. The van der Waals surface area contributed by atoms with E-state index >= 15 is 0 Å². The van der Waals surface area contributed by atoms with E-state index < -0.39 is 48.3 Å². The fraction of sp³-hybridized carbons (Fsp3) is 0.375. The summed E-state index contributed by atoms with van der Waals surface area (Å²) in [6, 6.07) is 13.2. The van der Waals surface area contributed by atoms with E-state index in [1.165, 1.54) is 6.92 Å². The van der Waals surface area contributed by atoms with Crippen LogP contribution in [0, 0.1) is 5.92 Å². The number of ether oxygens (including phenoxy) is 1. The zero-order valence-corrected chi connectivity index (χ0v) is 17.9. The average Bonchev–Trinajstić information content (AvgIpc) is 3.30. The molecule has 2 aliphatic carbocycles. The lowest BCUT2D eigenvalue weighted by atomic mass is 9.98. The van der Waals surface area contributed by atoms with Crippen LogP contribution in [0.4, 0.5) is 13.6 Å². The summed E-state index contributed by atoms with van der Waals surface area (Å²) in [6.45, 7) is 1.42. The van der Waals surface area contributed by atoms with Crippen molar-refractivity contribution < 1.29 is 33.0 Å². The molecular formula is C24H24F2N2O5. The maximum Gasteiger partial charge on any atom is 0.407 e. The maximum atomic E-state index is 13.2. The molecule has 0 radical (unpaired) electrons. The van der Waals surface area contributed by atoms with E-state index in [0.717, 1.165) is 22.3 Å². The number of rotatable bonds is 8. The highest BCUT2D eigenvalue weighted by molar-refractivity contribution is 5.89. The Morgan fingerprint density at radius 3 is 2.12 bits per heavy atom. The highest BCUT2D eigenvalue weighted by Crippen LogP contribution is 2.50. The van der Waals surface area contributed by atoms with Crippen LogP contribution in [0.3, 0.4) is 0 Å². The van der Waals surface area contributed by atoms with E-state index in [4.69, 9.17) is 9.84 Å². The van der Waals surface area contributed by atoms with Crippen LogP contribution in [-0.4, -0.2) is 47.7 Å². The molecule has 3 N–H and O–H groups in total. The van der Waals surface area contributed by atoms with Gasteiger partial charge in [-0.15, -0.1) is 0 Å². The predicted octanol–water partition coefficient (Wildman–Crippen LogP) is 3.53. The fourth-order valence-corrected chi connectivity index (χ4v) is 4.37. The number of halogens is 2. The molecule has 2 aliphatic rings. The molecule has 2 aromatic carbocycles. The fourth-order valence-electron chi connectivity index (χ4n) is 4.37. The standard InChI is InChI=1S/C24H24F2N2O5/c1-13(19-11-24(19,25)26)27-22(31)20(10-21(29)30)28-23(32)33-12-18-16-8-4-2-6-14(16)15-7-3-5-9-17(15)18/h2-9,13,18-20H,10-12H2,1H3,(H,27,31)(H,28,32)(H,29,30). The molecule has 9 heteroatoms. The molecule has 7 nitrogen and oxygen atoms in total. The number of alkyl carbamates (subject to hydrolysis) is 1. The van der Waals surface area contributed by atoms with Crippen molar-refractivity contribution in [3.63, 3.8) is 0 Å². The second-order valence-corrected chi connectivity index (χ2v) is 8.49. The van der Waals surface area contributed by atoms with Crippen molar-refractivity contribution in [1.29, 1.82) is 0 Å². The highest BCUT2D eigenvalue weighted by atomic mass is 19.3. The quantitative estimate of drug-likeness (QED) is 0.561. The van der Waals surface area contributed by atoms with Gasteiger partial charge in [-0.3, -0.25) is 9.59 Å². The molecule has 0 heterocycles. The lowest BCUT2D eigenvalue weighted by molar-refractivity contribution is -0.140. The van der Waals surface area contributed by atoms with Crippen LogP contribution in [0.15, 0.2) is 48.5 Å². The van der Waals surface area contributed by atoms with Crippen molar-refractivity contribution in [2.45, 2.75) is 43.7 Å². The topological polar surface area (TPSA) is 105 Å². The molecular weight excluding hydrogens is 434 g/mol. The van der Waals surface area contributed by atoms with Gasteiger partial charge in [0, 0.05) is 24.3 Å². The molecule has 3 unspecified atom stereocenters. The maximum absolute atomic E-state index is 13.2. The van der Waals surface area contributed by atoms with Crippen LogP contribution in [0.1, 0.15) is 36.8 Å². The second-order valence-electron chi connectivity index (χ2n) is 8.49. The number of aliphatic carboxylic acids is 1. The molecule has 0 saturated heterocycles. The van der Waals surface area contributed by atoms with Crippen molar-refractivity contribution in [2.75, 3.05) is 6.61 Å². The van der Waals surface area contributed by atoms with Crippen LogP contribution >= 0.6 is 0 Å². The first-order valence-electron chi connectivity index (χ1n) is 10.7. The summed E-state index contributed by atoms with van der Waals surface area (Å²) >= 11 is 0. The second kappa shape index (κ2) is 8.80. The average molecular weight is 458 g/mol. The SMILES string of the molecule is CC(NC(=O)C(CC(=O)O)NC(=O)OCC1c2ccccc2-c2ccccc21)C1CC1(F)F. The van der Waals surface area contributed by atoms with Crippen molar-refractivity contribution in [3.05, 3.63) is 59.7 Å². The minimum atomic E-state index is -2.84. The largest absolute Gasteiger partial charge is 0.481 e. The first-order valence-corrected chi connectivity index (χ1v) is 10.7. The van der Waals surface area contributed by atoms with Gasteiger partial charge in [-0.1, -0.05) is 48.5 Å². The molecule has 0 aromatic heterocycles. The van der Waals surface area contributed by atoms with E-state index in [1.54, 1.807) is 0 Å². The number of carbonyl (C=O) groups excluding carboxylic acids is 2. The van der Waals surface area contributed by atoms with Gasteiger partial charge in [0.05, 0.1) is 6.42 Å². The summed E-state index contributed by atoms with van der Waals surface area (Å²) < 4.78 is 31.8. The van der Waals surface area contributed by atoms with E-state index in [-0.39, 0.29) is 18.9 Å². The molecule has 1 fully saturated rings. The Bertz CT molecular complexity index is 1040. The molecule has 174 valence electrons. The van der Waals surface area contributed by atoms with Gasteiger partial charge >= 0.3 is 12.1 Å². The number of amides is 2. The van der Waals surface area contributed by atoms with Crippen LogP contribution in [-0.2, 0) is 14.3 Å². The number of nitrogens with one attached hydrogen (secondary N) is 2. The van der Waals surface area contributed by atoms with Gasteiger partial charge in [-0.2, -0.15) is 0 Å². The monoisotopic (exact) mass is 458 g/mol. The summed E-state index contributed by atoms with van der Waals surface area (Å²) in [5, 5.41) is 13.8. The Hall–Kier alpha value is -3.49. The smallest absolute Gasteiger partial charge is 0.407 e. The molecule has 0 spiro atoms. The predicted molar refractivity (Wildman–Crippen MR) is 115 cm³/mol. The van der Waals surface area contributed by atoms with Crippen LogP contribution in [0.5, 0.6) is 0 Å². The molecule has 1 saturated carbocycles. The summed E-state index contributed by atoms with van der Waals surface area (Å²) in [7, 11) is 0. The summed E-state index contributed by atoms with van der Waals surface area (Å²) in [5.74, 6) is -6.21. The minimum Gasteiger partial charge on any atom is -0.481 e. The molecule has 0 bridgehead atoms. The van der Waals surface area contributed by atoms with Crippen molar-refractivity contribution >= 4 is 18.0 Å². The van der Waals surface area contributed by atoms with Crippen molar-refractivity contribution in [3.8, 4) is 11.1 Å². The van der Waals surface area contributed by atoms with E-state index in [2.05, 4.69) is 10.6 Å². The molecule has 0 aliphatic heterocycles. The first kappa shape index (κ1) is 22.7. The van der Waals surface area contributed by atoms with E-state index in [9.17, 15) is 23.2 Å². The Labute approximate surface area is 189 Å². The van der Waals surface area contributed by atoms with Crippen molar-refractivity contribution in [1.82, 2.24) is 10.6 Å². The number of carboxylic acid groups (broad SMARTS) is 1. The third kappa shape index (κ3) is 4.81. The number of alkyl halides is 2. The number of hydrogen-bond acceptors (Lipinski definition) is 4. The third-order valence-corrected chi connectivity index (χ3v) is 6.18.